The molecule has 0 saturated heterocycles. The SMILES string of the molecule is CCC(NCCCN(CC)C(=O)OC(C)(C)C)C1CC1. The summed E-state index contributed by atoms with van der Waals surface area (Å²) < 4.78 is 5.40. The summed E-state index contributed by atoms with van der Waals surface area (Å²) >= 11 is 0. The van der Waals surface area contributed by atoms with Crippen LogP contribution in [0.3, 0.4) is 0 Å². The largest absolute Gasteiger partial charge is 0.444 e. The molecule has 0 heterocycles. The highest BCUT2D eigenvalue weighted by Gasteiger charge is 2.29. The summed E-state index contributed by atoms with van der Waals surface area (Å²) in [4.78, 5) is 13.8. The molecule has 1 unspecified atom stereocenters. The highest BCUT2D eigenvalue weighted by atomic mass is 16.6. The van der Waals surface area contributed by atoms with Gasteiger partial charge >= 0.3 is 6.09 Å². The molecule has 118 valence electrons. The first-order valence-electron chi connectivity index (χ1n) is 8.08. The van der Waals surface area contributed by atoms with E-state index in [4.69, 9.17) is 4.74 Å². The molecule has 1 amide bonds. The second kappa shape index (κ2) is 7.87. The summed E-state index contributed by atoms with van der Waals surface area (Å²) in [5, 5.41) is 3.62. The molecular weight excluding hydrogens is 252 g/mol. The van der Waals surface area contributed by atoms with Gasteiger partial charge in [0.2, 0.25) is 0 Å². The van der Waals surface area contributed by atoms with Gasteiger partial charge in [-0.3, -0.25) is 0 Å². The van der Waals surface area contributed by atoms with E-state index in [-0.39, 0.29) is 6.09 Å². The van der Waals surface area contributed by atoms with E-state index in [2.05, 4.69) is 12.2 Å². The average molecular weight is 284 g/mol. The number of amides is 1. The lowest BCUT2D eigenvalue weighted by Crippen LogP contribution is -2.39. The zero-order chi connectivity index (χ0) is 15.2. The van der Waals surface area contributed by atoms with Crippen molar-refractivity contribution in [2.24, 2.45) is 5.92 Å². The summed E-state index contributed by atoms with van der Waals surface area (Å²) in [5.41, 5.74) is -0.415. The zero-order valence-electron chi connectivity index (χ0n) is 13.9. The third-order valence-electron chi connectivity index (χ3n) is 3.68. The third kappa shape index (κ3) is 6.60. The molecule has 1 rings (SSSR count). The first kappa shape index (κ1) is 17.3. The predicted molar refractivity (Wildman–Crippen MR) is 82.9 cm³/mol. The Hall–Kier alpha value is -0.770. The lowest BCUT2D eigenvalue weighted by molar-refractivity contribution is 0.0258. The number of nitrogens with one attached hydrogen (secondary N) is 1. The molecule has 1 saturated carbocycles. The Balaban J connectivity index is 2.21. The number of ether oxygens (including phenoxy) is 1. The zero-order valence-corrected chi connectivity index (χ0v) is 13.9. The Morgan fingerprint density at radius 1 is 1.35 bits per heavy atom. The molecule has 0 aliphatic heterocycles. The summed E-state index contributed by atoms with van der Waals surface area (Å²) in [5.74, 6) is 0.896. The number of nitrogens with zero attached hydrogens (tertiary/aromatic N) is 1. The van der Waals surface area contributed by atoms with Gasteiger partial charge in [-0.2, -0.15) is 0 Å². The van der Waals surface area contributed by atoms with Gasteiger partial charge in [0.25, 0.3) is 0 Å². The number of carbonyl (C=O) groups is 1. The Kier molecular flexibility index (Phi) is 6.80. The predicted octanol–water partition coefficient (Wildman–Crippen LogP) is 3.41. The summed E-state index contributed by atoms with van der Waals surface area (Å²) in [7, 11) is 0. The minimum atomic E-state index is -0.415. The molecule has 0 radical (unpaired) electrons. The first-order chi connectivity index (χ1) is 9.37. The molecule has 1 aliphatic rings. The van der Waals surface area contributed by atoms with Crippen molar-refractivity contribution in [3.63, 3.8) is 0 Å². The summed E-state index contributed by atoms with van der Waals surface area (Å²) in [6, 6.07) is 0.673. The van der Waals surface area contributed by atoms with E-state index in [1.165, 1.54) is 19.3 Å². The van der Waals surface area contributed by atoms with Crippen LogP contribution < -0.4 is 5.32 Å². The molecule has 1 fully saturated rings. The number of rotatable bonds is 8. The molecule has 1 aliphatic carbocycles. The van der Waals surface area contributed by atoms with Crippen LogP contribution in [-0.4, -0.2) is 42.3 Å². The van der Waals surface area contributed by atoms with Crippen molar-refractivity contribution in [1.29, 1.82) is 0 Å². The van der Waals surface area contributed by atoms with E-state index in [0.29, 0.717) is 12.6 Å². The van der Waals surface area contributed by atoms with Gasteiger partial charge in [-0.25, -0.2) is 4.79 Å². The summed E-state index contributed by atoms with van der Waals surface area (Å²) in [6.45, 7) is 12.4. The Bertz CT molecular complexity index is 295. The maximum Gasteiger partial charge on any atom is 0.410 e. The number of hydrogen-bond donors (Lipinski definition) is 1. The van der Waals surface area contributed by atoms with Crippen LogP contribution in [0.2, 0.25) is 0 Å². The molecular formula is C16H32N2O2. The van der Waals surface area contributed by atoms with Crippen LogP contribution >= 0.6 is 0 Å². The van der Waals surface area contributed by atoms with Gasteiger partial charge in [0.15, 0.2) is 0 Å². The van der Waals surface area contributed by atoms with E-state index in [1.54, 1.807) is 4.90 Å². The van der Waals surface area contributed by atoms with Crippen molar-refractivity contribution >= 4 is 6.09 Å². The van der Waals surface area contributed by atoms with Crippen molar-refractivity contribution in [3.05, 3.63) is 0 Å². The molecule has 20 heavy (non-hydrogen) atoms. The van der Waals surface area contributed by atoms with Crippen LogP contribution in [0, 0.1) is 5.92 Å². The van der Waals surface area contributed by atoms with Crippen molar-refractivity contribution in [2.45, 2.75) is 71.9 Å². The van der Waals surface area contributed by atoms with Crippen LogP contribution in [0.5, 0.6) is 0 Å². The fourth-order valence-corrected chi connectivity index (χ4v) is 2.41. The van der Waals surface area contributed by atoms with Gasteiger partial charge in [0, 0.05) is 19.1 Å². The van der Waals surface area contributed by atoms with Gasteiger partial charge in [-0.15, -0.1) is 0 Å². The fourth-order valence-electron chi connectivity index (χ4n) is 2.41. The monoisotopic (exact) mass is 284 g/mol. The molecule has 0 spiro atoms. The second-order valence-corrected chi connectivity index (χ2v) is 6.72. The number of carbonyl (C=O) groups excluding carboxylic acids is 1. The van der Waals surface area contributed by atoms with Gasteiger partial charge in [0.1, 0.15) is 5.60 Å². The Morgan fingerprint density at radius 2 is 2.00 bits per heavy atom. The lowest BCUT2D eigenvalue weighted by Gasteiger charge is -2.26. The van der Waals surface area contributed by atoms with Crippen LogP contribution in [0.4, 0.5) is 4.79 Å². The molecule has 0 aromatic carbocycles. The van der Waals surface area contributed by atoms with Crippen LogP contribution in [-0.2, 0) is 4.74 Å². The molecule has 4 heteroatoms. The van der Waals surface area contributed by atoms with Crippen LogP contribution in [0.1, 0.15) is 60.3 Å². The highest BCUT2D eigenvalue weighted by Crippen LogP contribution is 2.33. The standard InChI is InChI=1S/C16H32N2O2/c1-6-14(13-9-10-13)17-11-8-12-18(7-2)15(19)20-16(3,4)5/h13-14,17H,6-12H2,1-5H3. The van der Waals surface area contributed by atoms with E-state index in [0.717, 1.165) is 25.4 Å². The second-order valence-electron chi connectivity index (χ2n) is 6.72. The van der Waals surface area contributed by atoms with Gasteiger partial charge in [0.05, 0.1) is 0 Å². The molecule has 1 N–H and O–H groups in total. The summed E-state index contributed by atoms with van der Waals surface area (Å²) in [6.07, 6.45) is 4.74. The van der Waals surface area contributed by atoms with Crippen LogP contribution in [0.15, 0.2) is 0 Å². The van der Waals surface area contributed by atoms with E-state index < -0.39 is 5.60 Å². The Labute approximate surface area is 124 Å². The topological polar surface area (TPSA) is 41.6 Å². The van der Waals surface area contributed by atoms with Gasteiger partial charge < -0.3 is 15.0 Å². The lowest BCUT2D eigenvalue weighted by atomic mass is 10.1. The van der Waals surface area contributed by atoms with Crippen molar-refractivity contribution in [2.75, 3.05) is 19.6 Å². The molecule has 4 nitrogen and oxygen atoms in total. The average Bonchev–Trinajstić information content (AvgIpc) is 3.16. The van der Waals surface area contributed by atoms with Crippen molar-refractivity contribution < 1.29 is 9.53 Å². The molecule has 0 aromatic heterocycles. The quantitative estimate of drug-likeness (QED) is 0.694. The van der Waals surface area contributed by atoms with E-state index >= 15 is 0 Å². The number of hydrogen-bond acceptors (Lipinski definition) is 3. The van der Waals surface area contributed by atoms with E-state index in [9.17, 15) is 4.79 Å². The molecule has 0 aromatic rings. The van der Waals surface area contributed by atoms with Gasteiger partial charge in [-0.05, 0) is 65.8 Å². The normalized spacial score (nSPS) is 16.9. The van der Waals surface area contributed by atoms with Crippen molar-refractivity contribution in [1.82, 2.24) is 10.2 Å². The maximum absolute atomic E-state index is 12.0. The van der Waals surface area contributed by atoms with Gasteiger partial charge in [-0.1, -0.05) is 6.92 Å². The molecule has 1 atom stereocenters. The van der Waals surface area contributed by atoms with E-state index in [1.807, 2.05) is 27.7 Å². The first-order valence-corrected chi connectivity index (χ1v) is 8.08. The highest BCUT2D eigenvalue weighted by molar-refractivity contribution is 5.68. The fraction of sp³-hybridized carbons (Fsp3) is 0.938. The minimum Gasteiger partial charge on any atom is -0.444 e. The van der Waals surface area contributed by atoms with Crippen molar-refractivity contribution in [3.8, 4) is 0 Å². The third-order valence-corrected chi connectivity index (χ3v) is 3.68. The Morgan fingerprint density at radius 3 is 2.45 bits per heavy atom. The molecule has 0 bridgehead atoms. The smallest absolute Gasteiger partial charge is 0.410 e. The minimum absolute atomic E-state index is 0.200. The maximum atomic E-state index is 12.0. The van der Waals surface area contributed by atoms with Crippen LogP contribution in [0.25, 0.3) is 0 Å².